The Hall–Kier alpha value is -2.35. The van der Waals surface area contributed by atoms with Gasteiger partial charge in [0, 0.05) is 29.4 Å². The molecule has 2 aliphatic heterocycles. The van der Waals surface area contributed by atoms with Crippen LogP contribution in [0.4, 0.5) is 0 Å². The second-order valence-corrected chi connectivity index (χ2v) is 10.5. The Balaban J connectivity index is 1.69. The number of unbranched alkanes of at least 4 members (excludes halogenated alkanes) is 1. The molecule has 2 aromatic rings. The minimum absolute atomic E-state index is 0.231. The maximum atomic E-state index is 13.9. The van der Waals surface area contributed by atoms with Crippen molar-refractivity contribution in [1.82, 2.24) is 9.88 Å². The topological polar surface area (TPSA) is 78.0 Å². The normalized spacial score (nSPS) is 18.1. The Morgan fingerprint density at radius 2 is 2.08 bits per heavy atom. The average Bonchev–Trinajstić information content (AvgIpc) is 3.39. The molecule has 1 aromatic carbocycles. The van der Waals surface area contributed by atoms with Crippen LogP contribution in [0.1, 0.15) is 76.8 Å². The van der Waals surface area contributed by atoms with E-state index in [-0.39, 0.29) is 17.0 Å². The first-order valence-electron chi connectivity index (χ1n) is 12.9. The third kappa shape index (κ3) is 5.74. The second-order valence-electron chi connectivity index (χ2n) is 9.71. The van der Waals surface area contributed by atoms with E-state index in [1.54, 1.807) is 11.0 Å². The van der Waals surface area contributed by atoms with Crippen molar-refractivity contribution in [1.29, 1.82) is 0 Å². The lowest BCUT2D eigenvalue weighted by molar-refractivity contribution is -0.145. The van der Waals surface area contributed by atoms with Crippen molar-refractivity contribution in [3.05, 3.63) is 55.7 Å². The van der Waals surface area contributed by atoms with E-state index in [2.05, 4.69) is 11.9 Å². The van der Waals surface area contributed by atoms with Gasteiger partial charge in [0.1, 0.15) is 5.92 Å². The number of methoxy groups -OCH3 is 1. The van der Waals surface area contributed by atoms with Crippen molar-refractivity contribution in [2.24, 2.45) is 0 Å². The number of hydrogen-bond donors (Lipinski definition) is 0. The van der Waals surface area contributed by atoms with Gasteiger partial charge in [0.05, 0.1) is 37.0 Å². The van der Waals surface area contributed by atoms with E-state index in [1.807, 2.05) is 19.9 Å². The first-order chi connectivity index (χ1) is 17.8. The van der Waals surface area contributed by atoms with E-state index < -0.39 is 11.9 Å². The van der Waals surface area contributed by atoms with Crippen molar-refractivity contribution in [2.45, 2.75) is 71.4 Å². The van der Waals surface area contributed by atoms with Crippen molar-refractivity contribution in [2.75, 3.05) is 26.9 Å². The summed E-state index contributed by atoms with van der Waals surface area (Å²) in [7, 11) is 1.34. The number of pyridine rings is 1. The molecule has 1 fully saturated rings. The van der Waals surface area contributed by atoms with Gasteiger partial charge < -0.3 is 19.1 Å². The average molecular weight is 549 g/mol. The quantitative estimate of drug-likeness (QED) is 0.290. The van der Waals surface area contributed by atoms with Crippen LogP contribution in [0.25, 0.3) is 0 Å². The number of hydrogen-bond acceptors (Lipinski definition) is 6. The van der Waals surface area contributed by atoms with Gasteiger partial charge in [-0.1, -0.05) is 36.5 Å². The Labute approximate surface area is 228 Å². The molecule has 1 amide bonds. The molecule has 0 spiro atoms. The molecule has 9 heteroatoms. The molecule has 1 aromatic heterocycles. The van der Waals surface area contributed by atoms with Crippen LogP contribution >= 0.6 is 23.2 Å². The lowest BCUT2D eigenvalue weighted by Crippen LogP contribution is -2.38. The second kappa shape index (κ2) is 12.0. The standard InChI is InChI=1S/C28H34Cl2N2O5/c1-5-6-11-37-26-20(16(2)13-17(3)31-26)15-32-10-9-18-21(29)14-19(25(30)24(18)27(32)33)23(28(34)35-4)22-8-7-12-36-22/h13-14,22-23H,5-12,15H2,1-4H3/t22?,23-/m0/s1. The molecule has 37 heavy (non-hydrogen) atoms. The van der Waals surface area contributed by atoms with E-state index in [4.69, 9.17) is 37.4 Å². The number of aromatic nitrogens is 1. The number of halogens is 2. The third-order valence-electron chi connectivity index (χ3n) is 7.13. The minimum Gasteiger partial charge on any atom is -0.477 e. The molecule has 0 N–H and O–H groups in total. The number of benzene rings is 1. The van der Waals surface area contributed by atoms with E-state index in [0.717, 1.165) is 36.1 Å². The first-order valence-corrected chi connectivity index (χ1v) is 13.6. The predicted molar refractivity (Wildman–Crippen MR) is 143 cm³/mol. The SMILES string of the molecule is CCCCOc1nc(C)cc(C)c1CN1CCc2c(Cl)cc([C@H](C(=O)OC)C3CCCO3)c(Cl)c2C1=O. The molecule has 3 heterocycles. The van der Waals surface area contributed by atoms with E-state index in [1.165, 1.54) is 7.11 Å². The number of aryl methyl sites for hydroxylation is 2. The number of carbonyl (C=O) groups is 2. The Kier molecular flexibility index (Phi) is 8.98. The monoisotopic (exact) mass is 548 g/mol. The van der Waals surface area contributed by atoms with Crippen LogP contribution in [-0.4, -0.2) is 54.7 Å². The zero-order valence-electron chi connectivity index (χ0n) is 21.9. The van der Waals surface area contributed by atoms with E-state index in [9.17, 15) is 9.59 Å². The summed E-state index contributed by atoms with van der Waals surface area (Å²) < 4.78 is 16.9. The van der Waals surface area contributed by atoms with Gasteiger partial charge in [-0.2, -0.15) is 0 Å². The zero-order chi connectivity index (χ0) is 26.7. The molecule has 200 valence electrons. The number of ether oxygens (including phenoxy) is 3. The lowest BCUT2D eigenvalue weighted by atomic mass is 9.87. The summed E-state index contributed by atoms with van der Waals surface area (Å²) in [5.74, 6) is -0.884. The van der Waals surface area contributed by atoms with Gasteiger partial charge in [0.25, 0.3) is 5.91 Å². The van der Waals surface area contributed by atoms with E-state index in [0.29, 0.717) is 66.7 Å². The van der Waals surface area contributed by atoms with Gasteiger partial charge in [0.2, 0.25) is 5.88 Å². The fourth-order valence-electron chi connectivity index (χ4n) is 5.15. The summed E-state index contributed by atoms with van der Waals surface area (Å²) in [5, 5.41) is 0.657. The summed E-state index contributed by atoms with van der Waals surface area (Å²) in [6.07, 6.45) is 3.65. The summed E-state index contributed by atoms with van der Waals surface area (Å²) in [5.41, 5.74) is 4.27. The molecule has 1 unspecified atom stereocenters. The van der Waals surface area contributed by atoms with Gasteiger partial charge in [-0.3, -0.25) is 9.59 Å². The minimum atomic E-state index is -0.756. The van der Waals surface area contributed by atoms with Gasteiger partial charge in [-0.25, -0.2) is 4.98 Å². The molecule has 2 atom stereocenters. The molecule has 2 aliphatic rings. The van der Waals surface area contributed by atoms with Crippen LogP contribution in [-0.2, 0) is 27.2 Å². The van der Waals surface area contributed by atoms with E-state index >= 15 is 0 Å². The molecular weight excluding hydrogens is 515 g/mol. The summed E-state index contributed by atoms with van der Waals surface area (Å²) in [6.45, 7) is 7.99. The van der Waals surface area contributed by atoms with Crippen LogP contribution in [0.2, 0.25) is 10.0 Å². The highest BCUT2D eigenvalue weighted by atomic mass is 35.5. The highest BCUT2D eigenvalue weighted by Crippen LogP contribution is 2.41. The Morgan fingerprint density at radius 1 is 1.30 bits per heavy atom. The number of amides is 1. The van der Waals surface area contributed by atoms with Crippen LogP contribution in [0.3, 0.4) is 0 Å². The molecular formula is C28H34Cl2N2O5. The molecule has 0 bridgehead atoms. The number of rotatable bonds is 9. The van der Waals surface area contributed by atoms with Gasteiger partial charge in [-0.05, 0) is 68.4 Å². The van der Waals surface area contributed by atoms with Crippen molar-refractivity contribution < 1.29 is 23.8 Å². The fourth-order valence-corrected chi connectivity index (χ4v) is 5.82. The maximum absolute atomic E-state index is 13.9. The molecule has 4 rings (SSSR count). The molecule has 0 aliphatic carbocycles. The van der Waals surface area contributed by atoms with Gasteiger partial charge >= 0.3 is 5.97 Å². The van der Waals surface area contributed by atoms with Gasteiger partial charge in [-0.15, -0.1) is 0 Å². The van der Waals surface area contributed by atoms with Crippen LogP contribution in [0, 0.1) is 13.8 Å². The Morgan fingerprint density at radius 3 is 2.76 bits per heavy atom. The maximum Gasteiger partial charge on any atom is 0.315 e. The highest BCUT2D eigenvalue weighted by Gasteiger charge is 2.39. The fraction of sp³-hybridized carbons (Fsp3) is 0.536. The van der Waals surface area contributed by atoms with Crippen LogP contribution in [0.5, 0.6) is 5.88 Å². The Bertz CT molecular complexity index is 1180. The first kappa shape index (κ1) is 27.7. The molecule has 0 radical (unpaired) electrons. The largest absolute Gasteiger partial charge is 0.477 e. The smallest absolute Gasteiger partial charge is 0.315 e. The number of esters is 1. The zero-order valence-corrected chi connectivity index (χ0v) is 23.4. The highest BCUT2D eigenvalue weighted by molar-refractivity contribution is 6.37. The van der Waals surface area contributed by atoms with Gasteiger partial charge in [0.15, 0.2) is 0 Å². The predicted octanol–water partition coefficient (Wildman–Crippen LogP) is 5.82. The third-order valence-corrected chi connectivity index (χ3v) is 7.87. The molecule has 7 nitrogen and oxygen atoms in total. The van der Waals surface area contributed by atoms with Crippen LogP contribution in [0.15, 0.2) is 12.1 Å². The summed E-state index contributed by atoms with van der Waals surface area (Å²) in [6, 6.07) is 3.69. The van der Waals surface area contributed by atoms with Crippen molar-refractivity contribution in [3.63, 3.8) is 0 Å². The van der Waals surface area contributed by atoms with Crippen molar-refractivity contribution in [3.8, 4) is 5.88 Å². The number of carbonyl (C=O) groups excluding carboxylic acids is 2. The van der Waals surface area contributed by atoms with Crippen molar-refractivity contribution >= 4 is 35.1 Å². The number of nitrogens with zero attached hydrogens (tertiary/aromatic N) is 2. The molecule has 1 saturated heterocycles. The lowest BCUT2D eigenvalue weighted by Gasteiger charge is -2.32. The summed E-state index contributed by atoms with van der Waals surface area (Å²) >= 11 is 13.6. The number of fused-ring (bicyclic) bond motifs is 1. The van der Waals surface area contributed by atoms with Crippen LogP contribution < -0.4 is 4.74 Å². The summed E-state index contributed by atoms with van der Waals surface area (Å²) in [4.78, 5) is 33.0. The molecule has 0 saturated carbocycles.